The molecule has 0 saturated heterocycles. The van der Waals surface area contributed by atoms with E-state index in [2.05, 4.69) is 54.5 Å². The monoisotopic (exact) mass is 360 g/mol. The van der Waals surface area contributed by atoms with Gasteiger partial charge in [0.1, 0.15) is 11.5 Å². The number of benzene rings is 1. The Labute approximate surface area is 159 Å². The molecule has 0 saturated carbocycles. The largest absolute Gasteiger partial charge is 0.462 e. The van der Waals surface area contributed by atoms with Gasteiger partial charge in [0.2, 0.25) is 0 Å². The second kappa shape index (κ2) is 8.28. The molecule has 0 N–H and O–H groups in total. The fourth-order valence-corrected chi connectivity index (χ4v) is 3.10. The summed E-state index contributed by atoms with van der Waals surface area (Å²) < 4.78 is 12.0. The smallest absolute Gasteiger partial charge is 0.308 e. The summed E-state index contributed by atoms with van der Waals surface area (Å²) in [6, 6.07) is 2.06. The minimum Gasteiger partial charge on any atom is -0.462 e. The van der Waals surface area contributed by atoms with Crippen molar-refractivity contribution in [3.63, 3.8) is 0 Å². The molecule has 146 valence electrons. The molecule has 0 aromatic heterocycles. The Morgan fingerprint density at radius 3 is 2.00 bits per heavy atom. The van der Waals surface area contributed by atoms with Gasteiger partial charge >= 0.3 is 5.97 Å². The SMILES string of the molecule is CC=C(C)Oc1cc(C(C)(C)C)c(OC(C)=O)c(C(C)(C)C)c1CCC. The first-order valence-electron chi connectivity index (χ1n) is 9.52. The van der Waals surface area contributed by atoms with E-state index in [4.69, 9.17) is 9.47 Å². The molecule has 0 fully saturated rings. The Bertz CT molecular complexity index is 683. The minimum absolute atomic E-state index is 0.182. The predicted molar refractivity (Wildman–Crippen MR) is 109 cm³/mol. The van der Waals surface area contributed by atoms with Crippen molar-refractivity contribution in [3.8, 4) is 11.5 Å². The maximum absolute atomic E-state index is 11.9. The van der Waals surface area contributed by atoms with Crippen LogP contribution < -0.4 is 9.47 Å². The second-order valence-corrected chi connectivity index (χ2v) is 8.95. The van der Waals surface area contributed by atoms with Crippen molar-refractivity contribution in [2.24, 2.45) is 0 Å². The van der Waals surface area contributed by atoms with Crippen LogP contribution in [-0.4, -0.2) is 5.97 Å². The van der Waals surface area contributed by atoms with Gasteiger partial charge in [-0.1, -0.05) is 54.9 Å². The Kier molecular flexibility index (Phi) is 7.09. The molecular weight excluding hydrogens is 324 g/mol. The third kappa shape index (κ3) is 5.36. The number of hydrogen-bond donors (Lipinski definition) is 0. The van der Waals surface area contributed by atoms with Crippen LogP contribution in [0.2, 0.25) is 0 Å². The number of ether oxygens (including phenoxy) is 2. The van der Waals surface area contributed by atoms with Crippen LogP contribution in [-0.2, 0) is 22.0 Å². The summed E-state index contributed by atoms with van der Waals surface area (Å²) in [5.41, 5.74) is 2.83. The molecule has 0 atom stereocenters. The normalized spacial score (nSPS) is 12.9. The summed E-state index contributed by atoms with van der Waals surface area (Å²) in [5.74, 6) is 2.14. The van der Waals surface area contributed by atoms with Crippen LogP contribution in [0.4, 0.5) is 0 Å². The molecule has 3 nitrogen and oxygen atoms in total. The fourth-order valence-electron chi connectivity index (χ4n) is 3.10. The van der Waals surface area contributed by atoms with Gasteiger partial charge < -0.3 is 9.47 Å². The second-order valence-electron chi connectivity index (χ2n) is 8.95. The van der Waals surface area contributed by atoms with E-state index in [-0.39, 0.29) is 16.8 Å². The maximum Gasteiger partial charge on any atom is 0.308 e. The molecule has 0 unspecified atom stereocenters. The van der Waals surface area contributed by atoms with Gasteiger partial charge in [0.05, 0.1) is 5.76 Å². The van der Waals surface area contributed by atoms with Gasteiger partial charge in [-0.3, -0.25) is 4.79 Å². The highest BCUT2D eigenvalue weighted by Gasteiger charge is 2.32. The summed E-state index contributed by atoms with van der Waals surface area (Å²) in [6.45, 7) is 20.4. The number of carbonyl (C=O) groups excluding carboxylic acids is 1. The maximum atomic E-state index is 11.9. The molecule has 0 aliphatic heterocycles. The Morgan fingerprint density at radius 2 is 1.62 bits per heavy atom. The highest BCUT2D eigenvalue weighted by molar-refractivity contribution is 5.72. The summed E-state index contributed by atoms with van der Waals surface area (Å²) in [6.07, 6.45) is 3.82. The van der Waals surface area contributed by atoms with E-state index in [9.17, 15) is 4.79 Å². The number of rotatable bonds is 5. The van der Waals surface area contributed by atoms with Crippen LogP contribution in [0.5, 0.6) is 11.5 Å². The van der Waals surface area contributed by atoms with Gasteiger partial charge in [0, 0.05) is 23.6 Å². The highest BCUT2D eigenvalue weighted by Crippen LogP contribution is 2.46. The van der Waals surface area contributed by atoms with Crippen molar-refractivity contribution >= 4 is 5.97 Å². The summed E-state index contributed by atoms with van der Waals surface area (Å²) in [7, 11) is 0. The van der Waals surface area contributed by atoms with E-state index in [0.717, 1.165) is 41.0 Å². The van der Waals surface area contributed by atoms with Gasteiger partial charge in [-0.2, -0.15) is 0 Å². The van der Waals surface area contributed by atoms with Crippen molar-refractivity contribution < 1.29 is 14.3 Å². The molecule has 0 aliphatic rings. The number of hydrogen-bond acceptors (Lipinski definition) is 3. The first-order chi connectivity index (χ1) is 11.8. The van der Waals surface area contributed by atoms with Crippen LogP contribution in [0.1, 0.15) is 92.3 Å². The first-order valence-corrected chi connectivity index (χ1v) is 9.52. The molecule has 0 heterocycles. The van der Waals surface area contributed by atoms with Gasteiger partial charge in [-0.15, -0.1) is 0 Å². The van der Waals surface area contributed by atoms with E-state index < -0.39 is 0 Å². The Morgan fingerprint density at radius 1 is 1.04 bits per heavy atom. The van der Waals surface area contributed by atoms with E-state index in [1.807, 2.05) is 19.9 Å². The van der Waals surface area contributed by atoms with Gasteiger partial charge in [-0.05, 0) is 43.2 Å². The number of esters is 1. The van der Waals surface area contributed by atoms with E-state index >= 15 is 0 Å². The molecule has 0 amide bonds. The van der Waals surface area contributed by atoms with E-state index in [1.54, 1.807) is 0 Å². The van der Waals surface area contributed by atoms with E-state index in [1.165, 1.54) is 6.92 Å². The van der Waals surface area contributed by atoms with Crippen molar-refractivity contribution in [1.82, 2.24) is 0 Å². The topological polar surface area (TPSA) is 35.5 Å². The van der Waals surface area contributed by atoms with Crippen LogP contribution >= 0.6 is 0 Å². The summed E-state index contributed by atoms with van der Waals surface area (Å²) >= 11 is 0. The lowest BCUT2D eigenvalue weighted by Crippen LogP contribution is -2.23. The van der Waals surface area contributed by atoms with Gasteiger partial charge in [-0.25, -0.2) is 0 Å². The molecular formula is C23H36O3. The van der Waals surface area contributed by atoms with Crippen molar-refractivity contribution in [2.75, 3.05) is 0 Å². The average molecular weight is 361 g/mol. The Balaban J connectivity index is 3.98. The molecule has 0 bridgehead atoms. The summed E-state index contributed by atoms with van der Waals surface area (Å²) in [4.78, 5) is 11.9. The zero-order chi connectivity index (χ0) is 20.3. The minimum atomic E-state index is -0.290. The van der Waals surface area contributed by atoms with E-state index in [0.29, 0.717) is 5.75 Å². The lowest BCUT2D eigenvalue weighted by Gasteiger charge is -2.32. The lowest BCUT2D eigenvalue weighted by molar-refractivity contribution is -0.132. The first kappa shape index (κ1) is 22.3. The summed E-state index contributed by atoms with van der Waals surface area (Å²) in [5, 5.41) is 0. The van der Waals surface area contributed by atoms with Crippen LogP contribution in [0.15, 0.2) is 17.9 Å². The van der Waals surface area contributed by atoms with Crippen LogP contribution in [0, 0.1) is 0 Å². The molecule has 0 spiro atoms. The third-order valence-corrected chi connectivity index (χ3v) is 4.33. The molecule has 0 aliphatic carbocycles. The predicted octanol–water partition coefficient (Wildman–Crippen LogP) is 6.46. The number of allylic oxidation sites excluding steroid dienone is 2. The molecule has 3 heteroatoms. The van der Waals surface area contributed by atoms with Crippen LogP contribution in [0.3, 0.4) is 0 Å². The molecule has 1 aromatic carbocycles. The highest BCUT2D eigenvalue weighted by atomic mass is 16.5. The van der Waals surface area contributed by atoms with Crippen molar-refractivity contribution in [1.29, 1.82) is 0 Å². The fraction of sp³-hybridized carbons (Fsp3) is 0.609. The van der Waals surface area contributed by atoms with Gasteiger partial charge in [0.15, 0.2) is 0 Å². The molecule has 1 rings (SSSR count). The quantitative estimate of drug-likeness (QED) is 0.343. The standard InChI is InChI=1S/C23H36O3/c1-11-13-17-19(25-15(3)12-2)14-18(22(5,6)7)21(26-16(4)24)20(17)23(8,9)10/h12,14H,11,13H2,1-10H3. The zero-order valence-corrected chi connectivity index (χ0v) is 18.3. The van der Waals surface area contributed by atoms with Crippen molar-refractivity contribution in [3.05, 3.63) is 34.6 Å². The van der Waals surface area contributed by atoms with Crippen molar-refractivity contribution in [2.45, 2.75) is 92.9 Å². The molecule has 0 radical (unpaired) electrons. The Hall–Kier alpha value is -1.77. The lowest BCUT2D eigenvalue weighted by atomic mass is 9.76. The third-order valence-electron chi connectivity index (χ3n) is 4.33. The zero-order valence-electron chi connectivity index (χ0n) is 18.3. The molecule has 26 heavy (non-hydrogen) atoms. The molecule has 1 aromatic rings. The average Bonchev–Trinajstić information content (AvgIpc) is 2.46. The number of carbonyl (C=O) groups is 1. The van der Waals surface area contributed by atoms with Crippen LogP contribution in [0.25, 0.3) is 0 Å². The van der Waals surface area contributed by atoms with Gasteiger partial charge in [0.25, 0.3) is 0 Å².